The van der Waals surface area contributed by atoms with Crippen molar-refractivity contribution >= 4 is 39.5 Å². The van der Waals surface area contributed by atoms with Gasteiger partial charge in [-0.15, -0.1) is 0 Å². The maximum Gasteiger partial charge on any atom is 0.472 e. The molecule has 0 aromatic carbocycles. The number of unbranched alkanes of at least 4 members (excludes halogenated alkanes) is 36. The van der Waals surface area contributed by atoms with Gasteiger partial charge in [0, 0.05) is 25.7 Å². The zero-order valence-corrected chi connectivity index (χ0v) is 62.7. The molecule has 0 bridgehead atoms. The molecule has 19 heteroatoms. The highest BCUT2D eigenvalue weighted by Gasteiger charge is 2.30. The van der Waals surface area contributed by atoms with Gasteiger partial charge in [0.15, 0.2) is 12.2 Å². The van der Waals surface area contributed by atoms with Gasteiger partial charge >= 0.3 is 39.5 Å². The second kappa shape index (κ2) is 63.5. The van der Waals surface area contributed by atoms with Crippen LogP contribution >= 0.6 is 15.6 Å². The Bertz CT molecular complexity index is 1840. The number of phosphoric ester groups is 2. The fourth-order valence-electron chi connectivity index (χ4n) is 11.2. The minimum Gasteiger partial charge on any atom is -0.462 e. The van der Waals surface area contributed by atoms with E-state index in [2.05, 4.69) is 55.4 Å². The molecule has 552 valence electrons. The van der Waals surface area contributed by atoms with Crippen molar-refractivity contribution in [2.24, 2.45) is 23.7 Å². The topological polar surface area (TPSA) is 237 Å². The fraction of sp³-hybridized carbons (Fsp3) is 0.946. The first kappa shape index (κ1) is 91.1. The molecule has 0 aliphatic heterocycles. The van der Waals surface area contributed by atoms with Crippen LogP contribution in [0.1, 0.15) is 370 Å². The lowest BCUT2D eigenvalue weighted by molar-refractivity contribution is -0.161. The van der Waals surface area contributed by atoms with Crippen LogP contribution in [0.3, 0.4) is 0 Å². The summed E-state index contributed by atoms with van der Waals surface area (Å²) in [5.41, 5.74) is 0. The SMILES string of the molecule is CCC(C)CCCCCCCCC(=O)OC[C@H](COP(=O)(O)OC[C@H](O)COP(=O)(O)OC[C@@H](COC(=O)CCCCCCCCCCCCCC(C)C)OC(=O)CCCCCCCCCCCCCC(C)C)OC(=O)CCCCCCCCCCCCCCC(C)C. The fourth-order valence-corrected chi connectivity index (χ4v) is 12.7. The van der Waals surface area contributed by atoms with E-state index in [0.717, 1.165) is 120 Å². The highest BCUT2D eigenvalue weighted by atomic mass is 31.2. The molecule has 17 nitrogen and oxygen atoms in total. The number of carbonyl (C=O) groups is 4. The van der Waals surface area contributed by atoms with Gasteiger partial charge in [0.1, 0.15) is 19.3 Å². The van der Waals surface area contributed by atoms with E-state index in [1.54, 1.807) is 0 Å². The number of rotatable bonds is 71. The number of phosphoric acid groups is 2. The molecule has 93 heavy (non-hydrogen) atoms. The number of aliphatic hydroxyl groups excluding tert-OH is 1. The molecule has 0 aromatic rings. The monoisotopic (exact) mass is 1370 g/mol. The van der Waals surface area contributed by atoms with E-state index in [-0.39, 0.29) is 25.7 Å². The molecule has 0 aliphatic rings. The Morgan fingerprint density at radius 3 is 0.763 bits per heavy atom. The smallest absolute Gasteiger partial charge is 0.462 e. The first-order valence-corrected chi connectivity index (χ1v) is 41.2. The van der Waals surface area contributed by atoms with Crippen molar-refractivity contribution in [2.75, 3.05) is 39.6 Å². The predicted molar refractivity (Wildman–Crippen MR) is 377 cm³/mol. The number of hydrogen-bond acceptors (Lipinski definition) is 15. The highest BCUT2D eigenvalue weighted by molar-refractivity contribution is 7.47. The molecule has 3 N–H and O–H groups in total. The zero-order chi connectivity index (χ0) is 68.9. The number of esters is 4. The molecule has 0 amide bonds. The number of aliphatic hydroxyl groups is 1. The number of hydrogen-bond donors (Lipinski definition) is 3. The summed E-state index contributed by atoms with van der Waals surface area (Å²) in [6.45, 7) is 14.2. The quantitative estimate of drug-likeness (QED) is 0.0222. The van der Waals surface area contributed by atoms with E-state index in [1.165, 1.54) is 167 Å². The average molecular weight is 1370 g/mol. The minimum atomic E-state index is -4.96. The Labute approximate surface area is 568 Å². The largest absolute Gasteiger partial charge is 0.472 e. The second-order valence-electron chi connectivity index (χ2n) is 28.4. The van der Waals surface area contributed by atoms with Crippen molar-refractivity contribution < 1.29 is 80.2 Å². The van der Waals surface area contributed by atoms with Gasteiger partial charge in [-0.25, -0.2) is 9.13 Å². The Morgan fingerprint density at radius 1 is 0.301 bits per heavy atom. The van der Waals surface area contributed by atoms with Gasteiger partial charge in [0.25, 0.3) is 0 Å². The zero-order valence-electron chi connectivity index (χ0n) is 60.9. The van der Waals surface area contributed by atoms with Gasteiger partial charge in [-0.05, 0) is 49.4 Å². The summed E-state index contributed by atoms with van der Waals surface area (Å²) < 4.78 is 68.5. The van der Waals surface area contributed by atoms with Crippen molar-refractivity contribution in [2.45, 2.75) is 388 Å². The highest BCUT2D eigenvalue weighted by Crippen LogP contribution is 2.45. The normalized spacial score (nSPS) is 14.5. The van der Waals surface area contributed by atoms with Gasteiger partial charge in [0.05, 0.1) is 26.4 Å². The molecule has 0 saturated carbocycles. The summed E-state index contributed by atoms with van der Waals surface area (Å²) in [5, 5.41) is 10.6. The van der Waals surface area contributed by atoms with Crippen molar-refractivity contribution in [3.05, 3.63) is 0 Å². The van der Waals surface area contributed by atoms with E-state index in [4.69, 9.17) is 37.0 Å². The molecule has 0 heterocycles. The van der Waals surface area contributed by atoms with E-state index < -0.39 is 97.5 Å². The molecule has 0 fully saturated rings. The standard InChI is InChI=1S/C74H144O17P2/c1-9-67(8)53-45-37-32-33-39-47-55-72(77)85-61-70(91-73(78)56-48-40-30-24-17-11-10-14-20-26-34-42-50-64(2)3)63-89-93(82,83)87-59-68(75)58-86-92(80,81)88-62-69(90-74(79)57-49-41-31-25-19-13-16-22-28-36-44-52-66(6)7)60-84-71(76)54-46-38-29-23-18-12-15-21-27-35-43-51-65(4)5/h64-70,75H,9-63H2,1-8H3,(H,80,81)(H,82,83)/t67?,68-,69-,70-/m1/s1. The number of carbonyl (C=O) groups excluding carboxylic acids is 4. The minimum absolute atomic E-state index is 0.105. The molecular weight excluding hydrogens is 1220 g/mol. The summed E-state index contributed by atoms with van der Waals surface area (Å²) in [5.74, 6) is 0.920. The first-order chi connectivity index (χ1) is 44.6. The lowest BCUT2D eigenvalue weighted by atomic mass is 10.00. The summed E-state index contributed by atoms with van der Waals surface area (Å²) in [6, 6.07) is 0. The summed E-state index contributed by atoms with van der Waals surface area (Å²) in [6.07, 6.45) is 47.1. The van der Waals surface area contributed by atoms with E-state index in [9.17, 15) is 43.2 Å². The van der Waals surface area contributed by atoms with Crippen LogP contribution in [0, 0.1) is 23.7 Å². The third-order valence-corrected chi connectivity index (χ3v) is 19.3. The van der Waals surface area contributed by atoms with Crippen LogP contribution in [0.5, 0.6) is 0 Å². The number of ether oxygens (including phenoxy) is 4. The second-order valence-corrected chi connectivity index (χ2v) is 31.3. The van der Waals surface area contributed by atoms with Crippen molar-refractivity contribution in [1.29, 1.82) is 0 Å². The van der Waals surface area contributed by atoms with Crippen molar-refractivity contribution in [3.63, 3.8) is 0 Å². The van der Waals surface area contributed by atoms with Crippen LogP contribution in [0.15, 0.2) is 0 Å². The molecule has 0 aliphatic carbocycles. The molecular formula is C74H144O17P2. The Morgan fingerprint density at radius 2 is 0.516 bits per heavy atom. The Balaban J connectivity index is 5.26. The van der Waals surface area contributed by atoms with Crippen LogP contribution in [-0.2, 0) is 65.4 Å². The third kappa shape index (κ3) is 67.0. The molecule has 6 atom stereocenters. The first-order valence-electron chi connectivity index (χ1n) is 38.2. The van der Waals surface area contributed by atoms with Gasteiger partial charge in [-0.1, -0.05) is 319 Å². The van der Waals surface area contributed by atoms with Crippen LogP contribution < -0.4 is 0 Å². The maximum absolute atomic E-state index is 13.1. The summed E-state index contributed by atoms with van der Waals surface area (Å²) in [7, 11) is -9.91. The lowest BCUT2D eigenvalue weighted by Gasteiger charge is -2.21. The average Bonchev–Trinajstić information content (AvgIpc) is 1.61. The van der Waals surface area contributed by atoms with Gasteiger partial charge < -0.3 is 33.8 Å². The predicted octanol–water partition coefficient (Wildman–Crippen LogP) is 21.3. The molecule has 0 saturated heterocycles. The third-order valence-electron chi connectivity index (χ3n) is 17.4. The summed E-state index contributed by atoms with van der Waals surface area (Å²) in [4.78, 5) is 72.7. The van der Waals surface area contributed by atoms with E-state index >= 15 is 0 Å². The van der Waals surface area contributed by atoms with Gasteiger partial charge in [0.2, 0.25) is 0 Å². The van der Waals surface area contributed by atoms with Crippen LogP contribution in [0.4, 0.5) is 0 Å². The van der Waals surface area contributed by atoms with Gasteiger partial charge in [-0.2, -0.15) is 0 Å². The van der Waals surface area contributed by atoms with Crippen LogP contribution in [0.25, 0.3) is 0 Å². The Kier molecular flexibility index (Phi) is 62.2. The summed E-state index contributed by atoms with van der Waals surface area (Å²) >= 11 is 0. The van der Waals surface area contributed by atoms with Crippen molar-refractivity contribution in [3.8, 4) is 0 Å². The molecule has 0 spiro atoms. The molecule has 0 radical (unpaired) electrons. The molecule has 0 rings (SSSR count). The van der Waals surface area contributed by atoms with Crippen LogP contribution in [0.2, 0.25) is 0 Å². The van der Waals surface area contributed by atoms with E-state index in [1.807, 2.05) is 0 Å². The molecule has 3 unspecified atom stereocenters. The lowest BCUT2D eigenvalue weighted by Crippen LogP contribution is -2.30. The Hall–Kier alpha value is -1.94. The van der Waals surface area contributed by atoms with Crippen LogP contribution in [-0.4, -0.2) is 96.7 Å². The molecule has 0 aromatic heterocycles. The maximum atomic E-state index is 13.1. The van der Waals surface area contributed by atoms with E-state index in [0.29, 0.717) is 25.7 Å². The van der Waals surface area contributed by atoms with Gasteiger partial charge in [-0.3, -0.25) is 37.3 Å². The van der Waals surface area contributed by atoms with Crippen molar-refractivity contribution in [1.82, 2.24) is 0 Å².